The van der Waals surface area contributed by atoms with Crippen molar-refractivity contribution >= 4 is 17.6 Å². The first-order valence-corrected chi connectivity index (χ1v) is 11.5. The zero-order valence-corrected chi connectivity index (χ0v) is 18.1. The fraction of sp³-hybridized carbons (Fsp3) is 0.583. The maximum Gasteiger partial charge on any atom is 0.321 e. The molecule has 1 N–H and O–H groups in total. The highest BCUT2D eigenvalue weighted by atomic mass is 16.2. The van der Waals surface area contributed by atoms with Crippen LogP contribution in [0.1, 0.15) is 44.1 Å². The van der Waals surface area contributed by atoms with Crippen LogP contribution in [0.15, 0.2) is 36.0 Å². The standard InChI is InChI=1S/C24H34N4O2/c1-19-7-2-4-10-21(19)26-15-17-27(18-16-26)23(29)12-13-25-24(30)28-14-6-9-20-8-3-5-11-22(20)28/h2,4,7,10-11,20H,3,5-6,8-9,12-18H2,1H3,(H,25,30). The van der Waals surface area contributed by atoms with Crippen molar-refractivity contribution in [3.63, 3.8) is 0 Å². The predicted molar refractivity (Wildman–Crippen MR) is 119 cm³/mol. The lowest BCUT2D eigenvalue weighted by Gasteiger charge is -2.38. The molecule has 1 aromatic rings. The van der Waals surface area contributed by atoms with Gasteiger partial charge in [-0.05, 0) is 56.6 Å². The summed E-state index contributed by atoms with van der Waals surface area (Å²) in [5.41, 5.74) is 3.74. The smallest absolute Gasteiger partial charge is 0.321 e. The number of likely N-dealkylation sites (tertiary alicyclic amines) is 1. The summed E-state index contributed by atoms with van der Waals surface area (Å²) in [6.07, 6.45) is 8.38. The van der Waals surface area contributed by atoms with Gasteiger partial charge in [0.2, 0.25) is 5.91 Å². The van der Waals surface area contributed by atoms with Gasteiger partial charge in [0, 0.05) is 57.1 Å². The summed E-state index contributed by atoms with van der Waals surface area (Å²) < 4.78 is 0. The van der Waals surface area contributed by atoms with Crippen molar-refractivity contribution in [3.05, 3.63) is 41.6 Å². The SMILES string of the molecule is Cc1ccccc1N1CCN(C(=O)CCNC(=O)N2CCCC3CCCC=C32)CC1. The number of nitrogens with zero attached hydrogens (tertiary/aromatic N) is 3. The van der Waals surface area contributed by atoms with Crippen LogP contribution in [0.5, 0.6) is 0 Å². The number of carbonyl (C=O) groups is 2. The summed E-state index contributed by atoms with van der Waals surface area (Å²) >= 11 is 0. The van der Waals surface area contributed by atoms with Gasteiger partial charge in [0.25, 0.3) is 0 Å². The molecule has 6 heteroatoms. The largest absolute Gasteiger partial charge is 0.368 e. The van der Waals surface area contributed by atoms with E-state index >= 15 is 0 Å². The first-order chi connectivity index (χ1) is 14.6. The Hall–Kier alpha value is -2.50. The summed E-state index contributed by atoms with van der Waals surface area (Å²) in [7, 11) is 0. The third kappa shape index (κ3) is 4.63. The summed E-state index contributed by atoms with van der Waals surface area (Å²) in [5, 5.41) is 2.99. The molecular formula is C24H34N4O2. The first kappa shape index (κ1) is 20.8. The zero-order valence-electron chi connectivity index (χ0n) is 18.1. The molecule has 0 spiro atoms. The van der Waals surface area contributed by atoms with Crippen molar-refractivity contribution in [2.24, 2.45) is 5.92 Å². The van der Waals surface area contributed by atoms with Crippen molar-refractivity contribution in [1.29, 1.82) is 0 Å². The highest BCUT2D eigenvalue weighted by Crippen LogP contribution is 2.34. The molecule has 0 aromatic heterocycles. The van der Waals surface area contributed by atoms with Gasteiger partial charge in [-0.15, -0.1) is 0 Å². The molecule has 0 radical (unpaired) electrons. The number of para-hydroxylation sites is 1. The minimum atomic E-state index is -0.0370. The molecule has 6 nitrogen and oxygen atoms in total. The molecule has 4 rings (SSSR count). The molecule has 1 aromatic carbocycles. The summed E-state index contributed by atoms with van der Waals surface area (Å²) in [5.74, 6) is 0.678. The van der Waals surface area contributed by atoms with E-state index in [2.05, 4.69) is 47.5 Å². The van der Waals surface area contributed by atoms with Gasteiger partial charge in [0.15, 0.2) is 0 Å². The monoisotopic (exact) mass is 410 g/mol. The summed E-state index contributed by atoms with van der Waals surface area (Å²) in [6, 6.07) is 8.36. The molecule has 2 heterocycles. The Balaban J connectivity index is 1.21. The van der Waals surface area contributed by atoms with E-state index in [1.807, 2.05) is 9.80 Å². The number of allylic oxidation sites excluding steroid dienone is 2. The van der Waals surface area contributed by atoms with Crippen LogP contribution in [-0.4, -0.2) is 61.0 Å². The fourth-order valence-corrected chi connectivity index (χ4v) is 5.04. The van der Waals surface area contributed by atoms with Crippen molar-refractivity contribution < 1.29 is 9.59 Å². The van der Waals surface area contributed by atoms with Crippen molar-refractivity contribution in [2.45, 2.75) is 45.4 Å². The molecule has 1 unspecified atom stereocenters. The van der Waals surface area contributed by atoms with Crippen LogP contribution < -0.4 is 10.2 Å². The zero-order chi connectivity index (χ0) is 20.9. The molecule has 1 atom stereocenters. The van der Waals surface area contributed by atoms with E-state index in [9.17, 15) is 9.59 Å². The Kier molecular flexibility index (Phi) is 6.60. The third-order valence-electron chi connectivity index (χ3n) is 6.72. The van der Waals surface area contributed by atoms with E-state index in [4.69, 9.17) is 0 Å². The normalized spacial score (nSPS) is 21.7. The van der Waals surface area contributed by atoms with E-state index in [-0.39, 0.29) is 11.9 Å². The minimum absolute atomic E-state index is 0.0370. The second-order valence-corrected chi connectivity index (χ2v) is 8.69. The molecule has 2 saturated heterocycles. The van der Waals surface area contributed by atoms with Gasteiger partial charge in [-0.1, -0.05) is 24.3 Å². The highest BCUT2D eigenvalue weighted by molar-refractivity contribution is 5.79. The number of nitrogens with one attached hydrogen (secondary N) is 1. The molecule has 3 aliphatic rings. The number of amides is 3. The Morgan fingerprint density at radius 1 is 1.03 bits per heavy atom. The molecule has 162 valence electrons. The van der Waals surface area contributed by atoms with E-state index in [1.54, 1.807) is 0 Å². The van der Waals surface area contributed by atoms with E-state index in [1.165, 1.54) is 36.2 Å². The van der Waals surface area contributed by atoms with Gasteiger partial charge in [-0.3, -0.25) is 9.69 Å². The molecule has 3 amide bonds. The molecule has 0 bridgehead atoms. The number of piperazine rings is 1. The third-order valence-corrected chi connectivity index (χ3v) is 6.72. The number of carbonyl (C=O) groups excluding carboxylic acids is 2. The maximum absolute atomic E-state index is 12.7. The molecular weight excluding hydrogens is 376 g/mol. The fourth-order valence-electron chi connectivity index (χ4n) is 5.04. The van der Waals surface area contributed by atoms with Crippen LogP contribution in [0.3, 0.4) is 0 Å². The van der Waals surface area contributed by atoms with Crippen LogP contribution in [-0.2, 0) is 4.79 Å². The number of hydrogen-bond donors (Lipinski definition) is 1. The number of piperidine rings is 1. The van der Waals surface area contributed by atoms with E-state index in [0.717, 1.165) is 45.6 Å². The molecule has 2 fully saturated rings. The number of urea groups is 1. The van der Waals surface area contributed by atoms with Gasteiger partial charge < -0.3 is 15.1 Å². The molecule has 2 aliphatic heterocycles. The number of aryl methyl sites for hydroxylation is 1. The predicted octanol–water partition coefficient (Wildman–Crippen LogP) is 3.52. The van der Waals surface area contributed by atoms with Gasteiger partial charge in [-0.2, -0.15) is 0 Å². The van der Waals surface area contributed by atoms with Crippen LogP contribution in [0.4, 0.5) is 10.5 Å². The van der Waals surface area contributed by atoms with Crippen molar-refractivity contribution in [1.82, 2.24) is 15.1 Å². The van der Waals surface area contributed by atoms with Gasteiger partial charge in [0.05, 0.1) is 0 Å². The van der Waals surface area contributed by atoms with Crippen LogP contribution in [0, 0.1) is 12.8 Å². The number of benzene rings is 1. The number of hydrogen-bond acceptors (Lipinski definition) is 3. The summed E-state index contributed by atoms with van der Waals surface area (Å²) in [6.45, 7) is 6.51. The maximum atomic E-state index is 12.7. The van der Waals surface area contributed by atoms with E-state index in [0.29, 0.717) is 18.9 Å². The molecule has 1 aliphatic carbocycles. The van der Waals surface area contributed by atoms with Crippen LogP contribution >= 0.6 is 0 Å². The average molecular weight is 411 g/mol. The lowest BCUT2D eigenvalue weighted by Crippen LogP contribution is -2.50. The molecule has 30 heavy (non-hydrogen) atoms. The first-order valence-electron chi connectivity index (χ1n) is 11.5. The van der Waals surface area contributed by atoms with Crippen molar-refractivity contribution in [2.75, 3.05) is 44.2 Å². The van der Waals surface area contributed by atoms with E-state index < -0.39 is 0 Å². The second-order valence-electron chi connectivity index (χ2n) is 8.69. The van der Waals surface area contributed by atoms with Gasteiger partial charge >= 0.3 is 6.03 Å². The lowest BCUT2D eigenvalue weighted by atomic mass is 9.85. The Morgan fingerprint density at radius 2 is 1.80 bits per heavy atom. The van der Waals surface area contributed by atoms with Crippen molar-refractivity contribution in [3.8, 4) is 0 Å². The summed E-state index contributed by atoms with van der Waals surface area (Å²) in [4.78, 5) is 31.5. The second kappa shape index (κ2) is 9.54. The molecule has 0 saturated carbocycles. The number of fused-ring (bicyclic) bond motifs is 1. The lowest BCUT2D eigenvalue weighted by molar-refractivity contribution is -0.131. The minimum Gasteiger partial charge on any atom is -0.368 e. The van der Waals surface area contributed by atoms with Gasteiger partial charge in [0.1, 0.15) is 0 Å². The van der Waals surface area contributed by atoms with Crippen LogP contribution in [0.2, 0.25) is 0 Å². The Morgan fingerprint density at radius 3 is 2.60 bits per heavy atom. The van der Waals surface area contributed by atoms with Gasteiger partial charge in [-0.25, -0.2) is 4.79 Å². The van der Waals surface area contributed by atoms with Crippen LogP contribution in [0.25, 0.3) is 0 Å². The Bertz CT molecular complexity index is 798. The quantitative estimate of drug-likeness (QED) is 0.826. The average Bonchev–Trinajstić information content (AvgIpc) is 2.79. The topological polar surface area (TPSA) is 55.9 Å². The highest BCUT2D eigenvalue weighted by Gasteiger charge is 2.30. The Labute approximate surface area is 179 Å². The number of rotatable bonds is 4. The number of anilines is 1.